The average molecular weight is 449 g/mol. The Hall–Kier alpha value is -2.48. The van der Waals surface area contributed by atoms with Gasteiger partial charge in [0.15, 0.2) is 0 Å². The lowest BCUT2D eigenvalue weighted by molar-refractivity contribution is -0.117. The first-order valence-corrected chi connectivity index (χ1v) is 10.3. The van der Waals surface area contributed by atoms with E-state index in [1.165, 1.54) is 12.1 Å². The van der Waals surface area contributed by atoms with Gasteiger partial charge in [-0.05, 0) is 43.7 Å². The second-order valence-electron chi connectivity index (χ2n) is 7.19. The van der Waals surface area contributed by atoms with E-state index < -0.39 is 0 Å². The monoisotopic (exact) mass is 448 g/mol. The molecule has 1 unspecified atom stereocenters. The van der Waals surface area contributed by atoms with Gasteiger partial charge < -0.3 is 9.84 Å². The number of nitrogens with one attached hydrogen (secondary N) is 1. The summed E-state index contributed by atoms with van der Waals surface area (Å²) in [6.07, 6.45) is 1.77. The van der Waals surface area contributed by atoms with Gasteiger partial charge >= 0.3 is 0 Å². The zero-order valence-corrected chi connectivity index (χ0v) is 17.5. The Bertz CT molecular complexity index is 1040. The number of halogens is 3. The third-order valence-electron chi connectivity index (χ3n) is 4.97. The van der Waals surface area contributed by atoms with Gasteiger partial charge in [0.25, 0.3) is 0 Å². The van der Waals surface area contributed by atoms with Crippen LogP contribution in [0.15, 0.2) is 47.0 Å². The molecule has 0 bridgehead atoms. The third-order valence-corrected chi connectivity index (χ3v) is 5.60. The molecule has 2 heterocycles. The molecule has 1 aromatic heterocycles. The minimum atomic E-state index is -0.354. The minimum Gasteiger partial charge on any atom is -0.339 e. The molecule has 1 atom stereocenters. The largest absolute Gasteiger partial charge is 0.339 e. The molecule has 1 N–H and O–H groups in total. The molecule has 3 aromatic rings. The highest BCUT2D eigenvalue weighted by Crippen LogP contribution is 2.30. The van der Waals surface area contributed by atoms with Crippen molar-refractivity contribution in [3.8, 4) is 11.4 Å². The van der Waals surface area contributed by atoms with Crippen LogP contribution in [0, 0.1) is 5.82 Å². The first-order chi connectivity index (χ1) is 14.5. The molecule has 1 fully saturated rings. The lowest BCUT2D eigenvalue weighted by Crippen LogP contribution is -2.39. The van der Waals surface area contributed by atoms with E-state index in [0.717, 1.165) is 19.4 Å². The molecular formula is C21H19Cl2FN4O2. The highest BCUT2D eigenvalue weighted by atomic mass is 35.5. The van der Waals surface area contributed by atoms with Crippen LogP contribution in [-0.2, 0) is 4.79 Å². The number of hydrogen-bond acceptors (Lipinski definition) is 5. The molecule has 1 saturated heterocycles. The second kappa shape index (κ2) is 9.12. The Morgan fingerprint density at radius 2 is 2.00 bits per heavy atom. The lowest BCUT2D eigenvalue weighted by atomic mass is 9.98. The summed E-state index contributed by atoms with van der Waals surface area (Å²) in [5.74, 6) is 0.301. The molecule has 156 valence electrons. The van der Waals surface area contributed by atoms with E-state index >= 15 is 0 Å². The predicted octanol–water partition coefficient (Wildman–Crippen LogP) is 5.00. The van der Waals surface area contributed by atoms with Crippen molar-refractivity contribution in [3.05, 3.63) is 64.2 Å². The number of aromatic nitrogens is 2. The fourth-order valence-corrected chi connectivity index (χ4v) is 4.04. The van der Waals surface area contributed by atoms with Crippen molar-refractivity contribution in [1.82, 2.24) is 15.0 Å². The number of benzene rings is 2. The molecule has 0 spiro atoms. The normalized spacial score (nSPS) is 17.1. The van der Waals surface area contributed by atoms with Crippen molar-refractivity contribution < 1.29 is 13.7 Å². The van der Waals surface area contributed by atoms with Gasteiger partial charge in [0.2, 0.25) is 17.6 Å². The Balaban J connectivity index is 1.39. The molecule has 0 aliphatic carbocycles. The molecular weight excluding hydrogens is 430 g/mol. The number of amides is 1. The standard InChI is InChI=1S/C21H19Cl2FN4O2/c22-16-7-2-8-17(23)19(16)25-18(29)12-28-9-3-5-14(11-28)21-26-20(27-30-21)13-4-1-6-15(24)10-13/h1-2,4,6-8,10,14H,3,5,9,11-12H2,(H,25,29). The van der Waals surface area contributed by atoms with E-state index in [9.17, 15) is 9.18 Å². The smallest absolute Gasteiger partial charge is 0.238 e. The van der Waals surface area contributed by atoms with E-state index in [-0.39, 0.29) is 24.2 Å². The maximum atomic E-state index is 13.4. The van der Waals surface area contributed by atoms with Crippen molar-refractivity contribution >= 4 is 34.8 Å². The topological polar surface area (TPSA) is 71.3 Å². The summed E-state index contributed by atoms with van der Waals surface area (Å²) in [5.41, 5.74) is 0.977. The van der Waals surface area contributed by atoms with Gasteiger partial charge in [0.1, 0.15) is 5.82 Å². The Morgan fingerprint density at radius 1 is 1.23 bits per heavy atom. The van der Waals surface area contributed by atoms with Gasteiger partial charge in [-0.3, -0.25) is 9.69 Å². The number of rotatable bonds is 5. The summed E-state index contributed by atoms with van der Waals surface area (Å²) in [7, 11) is 0. The van der Waals surface area contributed by atoms with Gasteiger partial charge in [-0.1, -0.05) is 46.6 Å². The highest BCUT2D eigenvalue weighted by molar-refractivity contribution is 6.39. The highest BCUT2D eigenvalue weighted by Gasteiger charge is 2.27. The van der Waals surface area contributed by atoms with Crippen LogP contribution >= 0.6 is 23.2 Å². The van der Waals surface area contributed by atoms with Crippen LogP contribution in [0.5, 0.6) is 0 Å². The zero-order valence-electron chi connectivity index (χ0n) is 15.9. The van der Waals surface area contributed by atoms with E-state index in [1.54, 1.807) is 30.3 Å². The molecule has 1 amide bonds. The molecule has 0 saturated carbocycles. The van der Waals surface area contributed by atoms with Crippen molar-refractivity contribution in [3.63, 3.8) is 0 Å². The van der Waals surface area contributed by atoms with E-state index in [0.29, 0.717) is 39.6 Å². The van der Waals surface area contributed by atoms with Crippen molar-refractivity contribution in [2.75, 3.05) is 25.0 Å². The number of nitrogens with zero attached hydrogens (tertiary/aromatic N) is 3. The number of carbonyl (C=O) groups is 1. The zero-order chi connectivity index (χ0) is 21.1. The van der Waals surface area contributed by atoms with Crippen LogP contribution in [-0.4, -0.2) is 40.6 Å². The number of piperidine rings is 1. The number of para-hydroxylation sites is 1. The first-order valence-electron chi connectivity index (χ1n) is 9.55. The molecule has 0 radical (unpaired) electrons. The van der Waals surface area contributed by atoms with Crippen molar-refractivity contribution in [1.29, 1.82) is 0 Å². The van der Waals surface area contributed by atoms with Crippen LogP contribution in [0.1, 0.15) is 24.7 Å². The third kappa shape index (κ3) is 4.80. The summed E-state index contributed by atoms with van der Waals surface area (Å²) in [6, 6.07) is 11.1. The average Bonchev–Trinajstić information content (AvgIpc) is 3.21. The van der Waals surface area contributed by atoms with Crippen LogP contribution in [0.3, 0.4) is 0 Å². The fourth-order valence-electron chi connectivity index (χ4n) is 3.55. The van der Waals surface area contributed by atoms with Gasteiger partial charge in [0.05, 0.1) is 28.2 Å². The number of carbonyl (C=O) groups excluding carboxylic acids is 1. The first kappa shape index (κ1) is 20.8. The van der Waals surface area contributed by atoms with Gasteiger partial charge in [-0.15, -0.1) is 0 Å². The quantitative estimate of drug-likeness (QED) is 0.594. The summed E-state index contributed by atoms with van der Waals surface area (Å²) >= 11 is 12.2. The Kier molecular flexibility index (Phi) is 6.32. The summed E-state index contributed by atoms with van der Waals surface area (Å²) in [5, 5.41) is 7.55. The lowest BCUT2D eigenvalue weighted by Gasteiger charge is -2.30. The van der Waals surface area contributed by atoms with Crippen LogP contribution in [0.4, 0.5) is 10.1 Å². The van der Waals surface area contributed by atoms with E-state index in [2.05, 4.69) is 15.5 Å². The SMILES string of the molecule is O=C(CN1CCCC(c2nc(-c3cccc(F)c3)no2)C1)Nc1c(Cl)cccc1Cl. The minimum absolute atomic E-state index is 0.00487. The number of anilines is 1. The van der Waals surface area contributed by atoms with E-state index in [4.69, 9.17) is 27.7 Å². The maximum absolute atomic E-state index is 13.4. The van der Waals surface area contributed by atoms with Gasteiger partial charge in [-0.25, -0.2) is 4.39 Å². The molecule has 6 nitrogen and oxygen atoms in total. The van der Waals surface area contributed by atoms with Crippen LogP contribution in [0.25, 0.3) is 11.4 Å². The predicted molar refractivity (Wildman–Crippen MR) is 113 cm³/mol. The summed E-state index contributed by atoms with van der Waals surface area (Å²) < 4.78 is 18.9. The second-order valence-corrected chi connectivity index (χ2v) is 8.00. The van der Waals surface area contributed by atoms with Crippen LogP contribution in [0.2, 0.25) is 10.0 Å². The number of likely N-dealkylation sites (tertiary alicyclic amines) is 1. The maximum Gasteiger partial charge on any atom is 0.238 e. The van der Waals surface area contributed by atoms with Crippen LogP contribution < -0.4 is 5.32 Å². The van der Waals surface area contributed by atoms with Crippen molar-refractivity contribution in [2.24, 2.45) is 0 Å². The van der Waals surface area contributed by atoms with Gasteiger partial charge in [0, 0.05) is 12.1 Å². The molecule has 1 aliphatic rings. The van der Waals surface area contributed by atoms with E-state index in [1.807, 2.05) is 4.90 Å². The number of hydrogen-bond donors (Lipinski definition) is 1. The molecule has 30 heavy (non-hydrogen) atoms. The summed E-state index contributed by atoms with van der Waals surface area (Å²) in [6.45, 7) is 1.59. The fraction of sp³-hybridized carbons (Fsp3) is 0.286. The Morgan fingerprint density at radius 3 is 2.77 bits per heavy atom. The molecule has 9 heteroatoms. The van der Waals surface area contributed by atoms with Crippen molar-refractivity contribution in [2.45, 2.75) is 18.8 Å². The molecule has 4 rings (SSSR count). The van der Waals surface area contributed by atoms with Gasteiger partial charge in [-0.2, -0.15) is 4.98 Å². The Labute approximate surface area is 183 Å². The molecule has 2 aromatic carbocycles. The molecule has 1 aliphatic heterocycles. The summed E-state index contributed by atoms with van der Waals surface area (Å²) in [4.78, 5) is 19.0.